The Kier molecular flexibility index (Phi) is 5.10. The van der Waals surface area contributed by atoms with Crippen LogP contribution in [-0.4, -0.2) is 43.6 Å². The van der Waals surface area contributed by atoms with Gasteiger partial charge >= 0.3 is 0 Å². The molecule has 0 unspecified atom stereocenters. The highest BCUT2D eigenvalue weighted by atomic mass is 79.9. The molecule has 28 heavy (non-hydrogen) atoms. The Morgan fingerprint density at radius 3 is 2.75 bits per heavy atom. The van der Waals surface area contributed by atoms with Crippen LogP contribution < -0.4 is 10.2 Å². The van der Waals surface area contributed by atoms with Crippen molar-refractivity contribution in [3.63, 3.8) is 0 Å². The molecule has 0 fully saturated rings. The molecule has 0 atom stereocenters. The van der Waals surface area contributed by atoms with Gasteiger partial charge in [-0.1, -0.05) is 6.07 Å². The highest BCUT2D eigenvalue weighted by Gasteiger charge is 2.13. The Bertz CT molecular complexity index is 1130. The summed E-state index contributed by atoms with van der Waals surface area (Å²) in [5.41, 5.74) is 3.38. The van der Waals surface area contributed by atoms with Crippen molar-refractivity contribution >= 4 is 44.8 Å². The molecule has 10 heteroatoms. The molecule has 0 radical (unpaired) electrons. The van der Waals surface area contributed by atoms with E-state index in [0.29, 0.717) is 22.6 Å². The van der Waals surface area contributed by atoms with Gasteiger partial charge in [0.2, 0.25) is 5.28 Å². The van der Waals surface area contributed by atoms with Crippen LogP contribution in [0.5, 0.6) is 0 Å². The number of rotatable bonds is 5. The summed E-state index contributed by atoms with van der Waals surface area (Å²) in [6, 6.07) is 7.89. The van der Waals surface area contributed by atoms with E-state index in [9.17, 15) is 0 Å². The second kappa shape index (κ2) is 7.69. The van der Waals surface area contributed by atoms with Crippen molar-refractivity contribution in [3.8, 4) is 11.3 Å². The third-order valence-electron chi connectivity index (χ3n) is 4.11. The molecule has 0 bridgehead atoms. The van der Waals surface area contributed by atoms with Gasteiger partial charge in [-0.2, -0.15) is 4.98 Å². The van der Waals surface area contributed by atoms with Crippen LogP contribution in [0.25, 0.3) is 16.9 Å². The van der Waals surface area contributed by atoms with Gasteiger partial charge in [0.15, 0.2) is 11.5 Å². The third kappa shape index (κ3) is 3.63. The standard InChI is InChI=1S/C18H16BrClN8/c1-27(2)14-6-5-12(8-22-14)15-11(4-3-7-21-15)9-23-16-17-24-10-13(19)28(17)26-18(20)25-16/h3-8,10H,9H2,1-2H3,(H,23,25,26). The van der Waals surface area contributed by atoms with E-state index in [0.717, 1.165) is 22.6 Å². The number of hydrogen-bond donors (Lipinski definition) is 1. The normalized spacial score (nSPS) is 11.0. The first kappa shape index (κ1) is 18.6. The van der Waals surface area contributed by atoms with Crippen LogP contribution in [0.2, 0.25) is 5.28 Å². The van der Waals surface area contributed by atoms with Gasteiger partial charge in [0.05, 0.1) is 11.9 Å². The Morgan fingerprint density at radius 2 is 2.00 bits per heavy atom. The van der Waals surface area contributed by atoms with Gasteiger partial charge in [0, 0.05) is 38.6 Å². The topological polar surface area (TPSA) is 84.1 Å². The number of aromatic nitrogens is 6. The fourth-order valence-electron chi connectivity index (χ4n) is 2.76. The minimum Gasteiger partial charge on any atom is -0.363 e. The molecule has 4 aromatic heterocycles. The Morgan fingerprint density at radius 1 is 1.14 bits per heavy atom. The van der Waals surface area contributed by atoms with Crippen molar-refractivity contribution in [2.75, 3.05) is 24.3 Å². The summed E-state index contributed by atoms with van der Waals surface area (Å²) in [7, 11) is 3.92. The molecule has 4 heterocycles. The quantitative estimate of drug-likeness (QED) is 0.487. The van der Waals surface area contributed by atoms with E-state index < -0.39 is 0 Å². The molecule has 0 aliphatic heterocycles. The first-order valence-electron chi connectivity index (χ1n) is 8.41. The van der Waals surface area contributed by atoms with Crippen LogP contribution in [0.3, 0.4) is 0 Å². The summed E-state index contributed by atoms with van der Waals surface area (Å²) >= 11 is 9.44. The lowest BCUT2D eigenvalue weighted by Gasteiger charge is -2.13. The summed E-state index contributed by atoms with van der Waals surface area (Å²) in [5.74, 6) is 1.43. The molecule has 0 saturated heterocycles. The third-order valence-corrected chi connectivity index (χ3v) is 4.81. The fourth-order valence-corrected chi connectivity index (χ4v) is 3.27. The summed E-state index contributed by atoms with van der Waals surface area (Å²) in [5, 5.41) is 7.55. The molecule has 0 spiro atoms. The smallest absolute Gasteiger partial charge is 0.243 e. The van der Waals surface area contributed by atoms with Crippen LogP contribution in [0, 0.1) is 0 Å². The van der Waals surface area contributed by atoms with Gasteiger partial charge in [0.1, 0.15) is 10.4 Å². The molecule has 0 aliphatic rings. The largest absolute Gasteiger partial charge is 0.363 e. The van der Waals surface area contributed by atoms with Gasteiger partial charge < -0.3 is 10.2 Å². The van der Waals surface area contributed by atoms with Crippen molar-refractivity contribution in [2.24, 2.45) is 0 Å². The van der Waals surface area contributed by atoms with Crippen molar-refractivity contribution in [2.45, 2.75) is 6.54 Å². The highest BCUT2D eigenvalue weighted by Crippen LogP contribution is 2.24. The van der Waals surface area contributed by atoms with Crippen molar-refractivity contribution < 1.29 is 0 Å². The number of nitrogens with zero attached hydrogens (tertiary/aromatic N) is 7. The second-order valence-corrected chi connectivity index (χ2v) is 7.36. The fraction of sp³-hybridized carbons (Fsp3) is 0.167. The Hall–Kier alpha value is -2.78. The first-order chi connectivity index (χ1) is 13.5. The second-order valence-electron chi connectivity index (χ2n) is 6.21. The number of pyridine rings is 2. The highest BCUT2D eigenvalue weighted by molar-refractivity contribution is 9.10. The number of fused-ring (bicyclic) bond motifs is 1. The molecule has 142 valence electrons. The molecule has 0 amide bonds. The van der Waals surface area contributed by atoms with E-state index in [1.807, 2.05) is 49.5 Å². The van der Waals surface area contributed by atoms with E-state index in [4.69, 9.17) is 11.6 Å². The lowest BCUT2D eigenvalue weighted by molar-refractivity contribution is 0.879. The molecule has 0 aliphatic carbocycles. The minimum atomic E-state index is 0.128. The lowest BCUT2D eigenvalue weighted by Crippen LogP contribution is -2.10. The van der Waals surface area contributed by atoms with Crippen LogP contribution >= 0.6 is 27.5 Å². The summed E-state index contributed by atoms with van der Waals surface area (Å²) < 4.78 is 2.29. The maximum Gasteiger partial charge on any atom is 0.243 e. The van der Waals surface area contributed by atoms with E-state index in [2.05, 4.69) is 46.3 Å². The van der Waals surface area contributed by atoms with Crippen molar-refractivity contribution in [1.29, 1.82) is 0 Å². The monoisotopic (exact) mass is 458 g/mol. The maximum atomic E-state index is 6.05. The van der Waals surface area contributed by atoms with Crippen LogP contribution in [0.15, 0.2) is 47.5 Å². The number of hydrogen-bond acceptors (Lipinski definition) is 7. The van der Waals surface area contributed by atoms with E-state index >= 15 is 0 Å². The zero-order valence-corrected chi connectivity index (χ0v) is 17.5. The summed E-state index contributed by atoms with van der Waals surface area (Å²) in [4.78, 5) is 19.6. The predicted molar refractivity (Wildman–Crippen MR) is 113 cm³/mol. The molecule has 4 aromatic rings. The van der Waals surface area contributed by atoms with Gasteiger partial charge in [-0.25, -0.2) is 14.5 Å². The zero-order chi connectivity index (χ0) is 19.7. The molecule has 0 saturated carbocycles. The SMILES string of the molecule is CN(C)c1ccc(-c2ncccc2CNc2nc(Cl)nn3c(Br)cnc23)cn1. The summed E-state index contributed by atoms with van der Waals surface area (Å²) in [6.45, 7) is 0.492. The molecule has 1 N–H and O–H groups in total. The predicted octanol–water partition coefficient (Wildman–Crippen LogP) is 3.68. The van der Waals surface area contributed by atoms with Crippen LogP contribution in [0.1, 0.15) is 5.56 Å². The molecular weight excluding hydrogens is 444 g/mol. The Labute approximate surface area is 174 Å². The average Bonchev–Trinajstić information content (AvgIpc) is 3.07. The van der Waals surface area contributed by atoms with Gasteiger partial charge in [-0.05, 0) is 51.3 Å². The number of imidazole rings is 1. The number of anilines is 2. The molecule has 8 nitrogen and oxygen atoms in total. The van der Waals surface area contributed by atoms with E-state index in [1.165, 1.54) is 0 Å². The van der Waals surface area contributed by atoms with Gasteiger partial charge in [-0.3, -0.25) is 4.98 Å². The number of halogens is 2. The van der Waals surface area contributed by atoms with Crippen LogP contribution in [0.4, 0.5) is 11.6 Å². The van der Waals surface area contributed by atoms with Gasteiger partial charge in [-0.15, -0.1) is 5.10 Å². The lowest BCUT2D eigenvalue weighted by atomic mass is 10.1. The van der Waals surface area contributed by atoms with Gasteiger partial charge in [0.25, 0.3) is 0 Å². The van der Waals surface area contributed by atoms with Crippen molar-refractivity contribution in [3.05, 3.63) is 58.3 Å². The van der Waals surface area contributed by atoms with E-state index in [1.54, 1.807) is 16.9 Å². The molecular formula is C18H16BrClN8. The molecule has 4 rings (SSSR count). The Balaban J connectivity index is 1.63. The van der Waals surface area contributed by atoms with Crippen molar-refractivity contribution in [1.82, 2.24) is 29.5 Å². The number of nitrogens with one attached hydrogen (secondary N) is 1. The summed E-state index contributed by atoms with van der Waals surface area (Å²) in [6.07, 6.45) is 5.25. The zero-order valence-electron chi connectivity index (χ0n) is 15.1. The maximum absolute atomic E-state index is 6.05. The first-order valence-corrected chi connectivity index (χ1v) is 9.58. The van der Waals surface area contributed by atoms with Crippen LogP contribution in [-0.2, 0) is 6.54 Å². The molecule has 0 aromatic carbocycles. The average molecular weight is 460 g/mol. The van der Waals surface area contributed by atoms with E-state index in [-0.39, 0.29) is 5.28 Å². The minimum absolute atomic E-state index is 0.128.